The van der Waals surface area contributed by atoms with Crippen LogP contribution in [0.2, 0.25) is 0 Å². The van der Waals surface area contributed by atoms with Gasteiger partial charge in [-0.25, -0.2) is 9.37 Å². The van der Waals surface area contributed by atoms with Gasteiger partial charge < -0.3 is 0 Å². The Labute approximate surface area is 139 Å². The Balaban J connectivity index is 1.87. The first-order chi connectivity index (χ1) is 11.4. The lowest BCUT2D eigenvalue weighted by molar-refractivity contribution is 0.240. The van der Waals surface area contributed by atoms with Crippen molar-refractivity contribution < 1.29 is 4.39 Å². The molecule has 4 nitrogen and oxygen atoms in total. The van der Waals surface area contributed by atoms with Gasteiger partial charge >= 0.3 is 0 Å². The molecule has 0 spiro atoms. The highest BCUT2D eigenvalue weighted by atomic mass is 19.1. The molecule has 0 fully saturated rings. The van der Waals surface area contributed by atoms with Gasteiger partial charge in [0.05, 0.1) is 22.8 Å². The van der Waals surface area contributed by atoms with Crippen molar-refractivity contribution in [1.29, 1.82) is 0 Å². The van der Waals surface area contributed by atoms with E-state index in [9.17, 15) is 9.18 Å². The third-order valence-corrected chi connectivity index (χ3v) is 4.67. The number of rotatable bonds is 1. The Morgan fingerprint density at radius 3 is 2.79 bits per heavy atom. The van der Waals surface area contributed by atoms with Crippen LogP contribution in [0, 0.1) is 11.2 Å². The molecule has 0 bridgehead atoms. The van der Waals surface area contributed by atoms with E-state index < -0.39 is 0 Å². The largest absolute Gasteiger partial charge is 0.296 e. The summed E-state index contributed by atoms with van der Waals surface area (Å²) in [6, 6.07) is 8.50. The lowest BCUT2D eigenvalue weighted by atomic mass is 9.85. The van der Waals surface area contributed by atoms with Crippen molar-refractivity contribution >= 4 is 10.9 Å². The molecule has 0 N–H and O–H groups in total. The number of aromatic nitrogens is 3. The van der Waals surface area contributed by atoms with E-state index >= 15 is 0 Å². The number of fused-ring (bicyclic) bond motifs is 2. The molecule has 5 heteroatoms. The van der Waals surface area contributed by atoms with Gasteiger partial charge in [0.15, 0.2) is 0 Å². The van der Waals surface area contributed by atoms with Crippen molar-refractivity contribution in [3.63, 3.8) is 0 Å². The van der Waals surface area contributed by atoms with E-state index in [1.807, 2.05) is 16.7 Å². The Hall–Kier alpha value is -2.56. The Morgan fingerprint density at radius 1 is 1.21 bits per heavy atom. The first-order valence-corrected chi connectivity index (χ1v) is 8.08. The quantitative estimate of drug-likeness (QED) is 0.688. The third kappa shape index (κ3) is 2.50. The minimum absolute atomic E-state index is 0.0152. The summed E-state index contributed by atoms with van der Waals surface area (Å²) >= 11 is 0. The smallest absolute Gasteiger partial charge is 0.261 e. The fourth-order valence-electron chi connectivity index (χ4n) is 3.28. The number of aryl methyl sites for hydroxylation is 1. The standard InChI is InChI=1S/C19H18FN3O/c1-19(2)8-7-17-22-16-9-12(15-6-4-13(20)10-21-15)3-5-14(16)18(24)23(17)11-19/h3-6,9-10H,7-8,11H2,1-2H3. The van der Waals surface area contributed by atoms with Crippen LogP contribution in [0.3, 0.4) is 0 Å². The van der Waals surface area contributed by atoms with E-state index in [-0.39, 0.29) is 16.8 Å². The van der Waals surface area contributed by atoms with Gasteiger partial charge in [-0.05, 0) is 36.1 Å². The molecular weight excluding hydrogens is 305 g/mol. The number of nitrogens with zero attached hydrogens (tertiary/aromatic N) is 3. The van der Waals surface area contributed by atoms with Gasteiger partial charge in [-0.1, -0.05) is 19.9 Å². The SMILES string of the molecule is CC1(C)CCc2nc3cc(-c4ccc(F)cn4)ccc3c(=O)n2C1. The van der Waals surface area contributed by atoms with Crippen LogP contribution in [0.5, 0.6) is 0 Å². The van der Waals surface area contributed by atoms with Gasteiger partial charge in [0, 0.05) is 18.5 Å². The molecule has 0 unspecified atom stereocenters. The maximum Gasteiger partial charge on any atom is 0.261 e. The molecule has 0 amide bonds. The Bertz CT molecular complexity index is 990. The molecule has 122 valence electrons. The highest BCUT2D eigenvalue weighted by Gasteiger charge is 2.27. The van der Waals surface area contributed by atoms with E-state index in [1.54, 1.807) is 12.1 Å². The van der Waals surface area contributed by atoms with Crippen molar-refractivity contribution in [2.45, 2.75) is 33.2 Å². The van der Waals surface area contributed by atoms with Gasteiger partial charge in [-0.15, -0.1) is 0 Å². The van der Waals surface area contributed by atoms with E-state index in [0.29, 0.717) is 23.1 Å². The summed E-state index contributed by atoms with van der Waals surface area (Å²) in [6.07, 6.45) is 3.01. The number of pyridine rings is 1. The van der Waals surface area contributed by atoms with Crippen molar-refractivity contribution in [3.05, 3.63) is 58.5 Å². The van der Waals surface area contributed by atoms with Crippen LogP contribution in [-0.2, 0) is 13.0 Å². The molecule has 1 aliphatic heterocycles. The number of benzene rings is 1. The number of hydrogen-bond donors (Lipinski definition) is 0. The molecule has 3 heterocycles. The fourth-order valence-corrected chi connectivity index (χ4v) is 3.28. The highest BCUT2D eigenvalue weighted by Crippen LogP contribution is 2.30. The number of halogens is 1. The molecule has 1 aromatic carbocycles. The van der Waals surface area contributed by atoms with E-state index in [2.05, 4.69) is 18.8 Å². The van der Waals surface area contributed by atoms with Gasteiger partial charge in [0.25, 0.3) is 5.56 Å². The van der Waals surface area contributed by atoms with Gasteiger partial charge in [-0.3, -0.25) is 14.3 Å². The van der Waals surface area contributed by atoms with Crippen LogP contribution < -0.4 is 5.56 Å². The summed E-state index contributed by atoms with van der Waals surface area (Å²) < 4.78 is 14.8. The zero-order valence-electron chi connectivity index (χ0n) is 13.7. The van der Waals surface area contributed by atoms with Gasteiger partial charge in [0.1, 0.15) is 11.6 Å². The third-order valence-electron chi connectivity index (χ3n) is 4.67. The summed E-state index contributed by atoms with van der Waals surface area (Å²) in [5, 5.41) is 0.613. The summed E-state index contributed by atoms with van der Waals surface area (Å²) in [7, 11) is 0. The van der Waals surface area contributed by atoms with Crippen LogP contribution in [0.15, 0.2) is 41.3 Å². The summed E-state index contributed by atoms with van der Waals surface area (Å²) in [6.45, 7) is 5.05. The second-order valence-electron chi connectivity index (χ2n) is 7.18. The summed E-state index contributed by atoms with van der Waals surface area (Å²) in [5.41, 5.74) is 2.30. The molecule has 0 saturated heterocycles. The Kier molecular flexibility index (Phi) is 3.27. The molecule has 4 rings (SSSR count). The second-order valence-corrected chi connectivity index (χ2v) is 7.18. The predicted octanol–water partition coefficient (Wildman–Crippen LogP) is 3.57. The minimum Gasteiger partial charge on any atom is -0.296 e. The van der Waals surface area contributed by atoms with Crippen LogP contribution in [0.1, 0.15) is 26.1 Å². The molecule has 0 aliphatic carbocycles. The molecular formula is C19H18FN3O. The predicted molar refractivity (Wildman–Crippen MR) is 91.3 cm³/mol. The molecule has 24 heavy (non-hydrogen) atoms. The zero-order valence-corrected chi connectivity index (χ0v) is 13.7. The lowest BCUT2D eigenvalue weighted by Gasteiger charge is -2.31. The molecule has 1 aliphatic rings. The van der Waals surface area contributed by atoms with Crippen molar-refractivity contribution in [1.82, 2.24) is 14.5 Å². The number of hydrogen-bond acceptors (Lipinski definition) is 3. The zero-order chi connectivity index (χ0) is 16.9. The molecule has 3 aromatic rings. The lowest BCUT2D eigenvalue weighted by Crippen LogP contribution is -2.36. The molecule has 0 atom stereocenters. The topological polar surface area (TPSA) is 47.8 Å². The van der Waals surface area contributed by atoms with Gasteiger partial charge in [-0.2, -0.15) is 0 Å². The van der Waals surface area contributed by atoms with Crippen LogP contribution in [-0.4, -0.2) is 14.5 Å². The molecule has 0 saturated carbocycles. The monoisotopic (exact) mass is 323 g/mol. The van der Waals surface area contributed by atoms with E-state index in [0.717, 1.165) is 24.2 Å². The molecule has 2 aromatic heterocycles. The minimum atomic E-state index is -0.368. The first kappa shape index (κ1) is 15.0. The van der Waals surface area contributed by atoms with Crippen molar-refractivity contribution in [2.75, 3.05) is 0 Å². The van der Waals surface area contributed by atoms with Crippen molar-refractivity contribution in [2.24, 2.45) is 5.41 Å². The summed E-state index contributed by atoms with van der Waals surface area (Å²) in [5.74, 6) is 0.476. The molecule has 0 radical (unpaired) electrons. The van der Waals surface area contributed by atoms with E-state index in [4.69, 9.17) is 4.98 Å². The average Bonchev–Trinajstić information content (AvgIpc) is 2.56. The van der Waals surface area contributed by atoms with Crippen LogP contribution in [0.25, 0.3) is 22.2 Å². The summed E-state index contributed by atoms with van der Waals surface area (Å²) in [4.78, 5) is 21.6. The Morgan fingerprint density at radius 2 is 2.04 bits per heavy atom. The van der Waals surface area contributed by atoms with Crippen molar-refractivity contribution in [3.8, 4) is 11.3 Å². The normalized spacial score (nSPS) is 16.1. The maximum absolute atomic E-state index is 13.0. The first-order valence-electron chi connectivity index (χ1n) is 8.08. The fraction of sp³-hybridized carbons (Fsp3) is 0.316. The average molecular weight is 323 g/mol. The highest BCUT2D eigenvalue weighted by molar-refractivity contribution is 5.83. The second kappa shape index (κ2) is 5.23. The van der Waals surface area contributed by atoms with E-state index in [1.165, 1.54) is 12.3 Å². The van der Waals surface area contributed by atoms with Crippen LogP contribution >= 0.6 is 0 Å². The maximum atomic E-state index is 13.0. The van der Waals surface area contributed by atoms with Crippen LogP contribution in [0.4, 0.5) is 4.39 Å². The van der Waals surface area contributed by atoms with Gasteiger partial charge in [0.2, 0.25) is 0 Å².